The summed E-state index contributed by atoms with van der Waals surface area (Å²) in [6.07, 6.45) is 0.712. The molecule has 0 saturated carbocycles. The van der Waals surface area contributed by atoms with Gasteiger partial charge in [-0.05, 0) is 35.2 Å². The molecule has 1 atom stereocenters. The Morgan fingerprint density at radius 2 is 1.91 bits per heavy atom. The first-order chi connectivity index (χ1) is 10.6. The van der Waals surface area contributed by atoms with Crippen LogP contribution in [0.4, 0.5) is 5.69 Å². The SMILES string of the molecule is CC(C)C[C@H](Nc1ccc2ccccc2c1)C(=O)NCC#N. The van der Waals surface area contributed by atoms with Crippen molar-refractivity contribution in [2.75, 3.05) is 11.9 Å². The zero-order valence-corrected chi connectivity index (χ0v) is 13.0. The molecule has 0 aliphatic carbocycles. The summed E-state index contributed by atoms with van der Waals surface area (Å²) >= 11 is 0. The number of hydrogen-bond acceptors (Lipinski definition) is 3. The van der Waals surface area contributed by atoms with Crippen molar-refractivity contribution in [3.63, 3.8) is 0 Å². The van der Waals surface area contributed by atoms with Crippen LogP contribution in [0.2, 0.25) is 0 Å². The van der Waals surface area contributed by atoms with E-state index in [1.165, 1.54) is 5.39 Å². The minimum atomic E-state index is -0.338. The van der Waals surface area contributed by atoms with Crippen molar-refractivity contribution in [2.24, 2.45) is 5.92 Å². The molecule has 0 radical (unpaired) electrons. The Balaban J connectivity index is 2.16. The van der Waals surface area contributed by atoms with Gasteiger partial charge in [0.05, 0.1) is 6.07 Å². The molecule has 2 rings (SSSR count). The second-order valence-electron chi connectivity index (χ2n) is 5.76. The summed E-state index contributed by atoms with van der Waals surface area (Å²) in [4.78, 5) is 12.2. The molecule has 0 aliphatic rings. The van der Waals surface area contributed by atoms with Crippen molar-refractivity contribution in [1.29, 1.82) is 5.26 Å². The zero-order chi connectivity index (χ0) is 15.9. The molecule has 114 valence electrons. The van der Waals surface area contributed by atoms with Crippen LogP contribution in [0.3, 0.4) is 0 Å². The molecular formula is C18H21N3O. The lowest BCUT2D eigenvalue weighted by atomic mass is 10.0. The van der Waals surface area contributed by atoms with E-state index in [0.29, 0.717) is 12.3 Å². The third kappa shape index (κ3) is 4.23. The highest BCUT2D eigenvalue weighted by Gasteiger charge is 2.19. The normalized spacial score (nSPS) is 11.9. The minimum absolute atomic E-state index is 0.0346. The first-order valence-electron chi connectivity index (χ1n) is 7.50. The largest absolute Gasteiger partial charge is 0.374 e. The number of benzene rings is 2. The van der Waals surface area contributed by atoms with E-state index in [1.807, 2.05) is 42.5 Å². The maximum absolute atomic E-state index is 12.2. The molecule has 0 unspecified atom stereocenters. The van der Waals surface area contributed by atoms with Crippen molar-refractivity contribution in [2.45, 2.75) is 26.3 Å². The van der Waals surface area contributed by atoms with Gasteiger partial charge in [0.25, 0.3) is 0 Å². The summed E-state index contributed by atoms with van der Waals surface area (Å²) in [7, 11) is 0. The second-order valence-corrected chi connectivity index (χ2v) is 5.76. The fourth-order valence-electron chi connectivity index (χ4n) is 2.43. The van der Waals surface area contributed by atoms with Crippen LogP contribution in [-0.2, 0) is 4.79 Å². The van der Waals surface area contributed by atoms with Crippen LogP contribution in [0.5, 0.6) is 0 Å². The molecule has 0 heterocycles. The van der Waals surface area contributed by atoms with Crippen molar-refractivity contribution in [3.8, 4) is 6.07 Å². The first kappa shape index (κ1) is 15.8. The van der Waals surface area contributed by atoms with Gasteiger partial charge in [-0.2, -0.15) is 5.26 Å². The van der Waals surface area contributed by atoms with Crippen molar-refractivity contribution in [3.05, 3.63) is 42.5 Å². The number of carbonyl (C=O) groups excluding carboxylic acids is 1. The highest BCUT2D eigenvalue weighted by Crippen LogP contribution is 2.20. The Hall–Kier alpha value is -2.54. The van der Waals surface area contributed by atoms with E-state index in [1.54, 1.807) is 0 Å². The molecule has 1 amide bonds. The van der Waals surface area contributed by atoms with E-state index < -0.39 is 0 Å². The van der Waals surface area contributed by atoms with E-state index >= 15 is 0 Å². The standard InChI is InChI=1S/C18H21N3O/c1-13(2)11-17(18(22)20-10-9-19)21-16-8-7-14-5-3-4-6-15(14)12-16/h3-8,12-13,17,21H,10-11H2,1-2H3,(H,20,22)/t17-/m0/s1. The van der Waals surface area contributed by atoms with Crippen LogP contribution in [0.1, 0.15) is 20.3 Å². The second kappa shape index (κ2) is 7.46. The van der Waals surface area contributed by atoms with Crippen LogP contribution in [0, 0.1) is 17.2 Å². The number of rotatable bonds is 6. The van der Waals surface area contributed by atoms with Crippen LogP contribution < -0.4 is 10.6 Å². The number of fused-ring (bicyclic) bond motifs is 1. The Bertz CT molecular complexity index is 688. The number of hydrogen-bond donors (Lipinski definition) is 2. The van der Waals surface area contributed by atoms with Gasteiger partial charge in [-0.1, -0.05) is 44.2 Å². The zero-order valence-electron chi connectivity index (χ0n) is 13.0. The highest BCUT2D eigenvalue weighted by molar-refractivity contribution is 5.88. The molecule has 4 nitrogen and oxygen atoms in total. The quantitative estimate of drug-likeness (QED) is 0.804. The van der Waals surface area contributed by atoms with Gasteiger partial charge in [0.1, 0.15) is 12.6 Å². The van der Waals surface area contributed by atoms with E-state index in [-0.39, 0.29) is 18.5 Å². The van der Waals surface area contributed by atoms with Crippen LogP contribution >= 0.6 is 0 Å². The van der Waals surface area contributed by atoms with Gasteiger partial charge >= 0.3 is 0 Å². The van der Waals surface area contributed by atoms with Gasteiger partial charge < -0.3 is 10.6 Å². The lowest BCUT2D eigenvalue weighted by molar-refractivity contribution is -0.121. The number of nitrogens with one attached hydrogen (secondary N) is 2. The molecular weight excluding hydrogens is 274 g/mol. The third-order valence-electron chi connectivity index (χ3n) is 3.46. The van der Waals surface area contributed by atoms with Crippen molar-refractivity contribution < 1.29 is 4.79 Å². The fourth-order valence-corrected chi connectivity index (χ4v) is 2.43. The smallest absolute Gasteiger partial charge is 0.243 e. The Morgan fingerprint density at radius 1 is 1.18 bits per heavy atom. The average molecular weight is 295 g/mol. The molecule has 0 aromatic heterocycles. The maximum Gasteiger partial charge on any atom is 0.243 e. The molecule has 0 spiro atoms. The summed E-state index contributed by atoms with van der Waals surface area (Å²) in [5.74, 6) is 0.245. The molecule has 22 heavy (non-hydrogen) atoms. The predicted octanol–water partition coefficient (Wildman–Crippen LogP) is 3.31. The number of nitrogens with zero attached hydrogens (tertiary/aromatic N) is 1. The molecule has 0 saturated heterocycles. The first-order valence-corrected chi connectivity index (χ1v) is 7.50. The van der Waals surface area contributed by atoms with Crippen LogP contribution in [-0.4, -0.2) is 18.5 Å². The van der Waals surface area contributed by atoms with E-state index in [9.17, 15) is 4.79 Å². The summed E-state index contributed by atoms with van der Waals surface area (Å²) in [6, 6.07) is 15.8. The molecule has 4 heteroatoms. The topological polar surface area (TPSA) is 64.9 Å². The predicted molar refractivity (Wildman–Crippen MR) is 89.4 cm³/mol. The van der Waals surface area contributed by atoms with Gasteiger partial charge in [-0.15, -0.1) is 0 Å². The van der Waals surface area contributed by atoms with Gasteiger partial charge in [-0.25, -0.2) is 0 Å². The van der Waals surface area contributed by atoms with Crippen LogP contribution in [0.25, 0.3) is 10.8 Å². The lowest BCUT2D eigenvalue weighted by Crippen LogP contribution is -2.40. The average Bonchev–Trinajstić information content (AvgIpc) is 2.51. The monoisotopic (exact) mass is 295 g/mol. The third-order valence-corrected chi connectivity index (χ3v) is 3.46. The highest BCUT2D eigenvalue weighted by atomic mass is 16.2. The summed E-state index contributed by atoms with van der Waals surface area (Å²) in [5.41, 5.74) is 0.913. The van der Waals surface area contributed by atoms with Gasteiger partial charge in [-0.3, -0.25) is 4.79 Å². The Labute approximate surface area is 131 Å². The molecule has 0 aliphatic heterocycles. The molecule has 0 fully saturated rings. The number of amides is 1. The summed E-state index contributed by atoms with van der Waals surface area (Å²) in [6.45, 7) is 4.19. The van der Waals surface area contributed by atoms with Crippen molar-refractivity contribution in [1.82, 2.24) is 5.32 Å². The maximum atomic E-state index is 12.2. The molecule has 2 N–H and O–H groups in total. The number of anilines is 1. The number of nitriles is 1. The summed E-state index contributed by atoms with van der Waals surface area (Å²) in [5, 5.41) is 16.8. The Morgan fingerprint density at radius 3 is 2.59 bits per heavy atom. The van der Waals surface area contributed by atoms with E-state index in [2.05, 4.69) is 30.5 Å². The van der Waals surface area contributed by atoms with E-state index in [4.69, 9.17) is 5.26 Å². The lowest BCUT2D eigenvalue weighted by Gasteiger charge is -2.21. The van der Waals surface area contributed by atoms with Crippen LogP contribution in [0.15, 0.2) is 42.5 Å². The number of carbonyl (C=O) groups is 1. The van der Waals surface area contributed by atoms with E-state index in [0.717, 1.165) is 11.1 Å². The minimum Gasteiger partial charge on any atom is -0.374 e. The summed E-state index contributed by atoms with van der Waals surface area (Å²) < 4.78 is 0. The molecule has 2 aromatic rings. The molecule has 2 aromatic carbocycles. The van der Waals surface area contributed by atoms with Crippen molar-refractivity contribution >= 4 is 22.4 Å². The van der Waals surface area contributed by atoms with Gasteiger partial charge in [0.15, 0.2) is 0 Å². The Kier molecular flexibility index (Phi) is 5.37. The fraction of sp³-hybridized carbons (Fsp3) is 0.333. The van der Waals surface area contributed by atoms with Gasteiger partial charge in [0.2, 0.25) is 5.91 Å². The molecule has 0 bridgehead atoms. The van der Waals surface area contributed by atoms with Gasteiger partial charge in [0, 0.05) is 5.69 Å².